The lowest BCUT2D eigenvalue weighted by molar-refractivity contribution is -0.116. The predicted octanol–water partition coefficient (Wildman–Crippen LogP) is 3.53. The molecule has 3 aromatic heterocycles. The maximum Gasteiger partial charge on any atom is 0.231 e. The summed E-state index contributed by atoms with van der Waals surface area (Å²) in [5.41, 5.74) is 1.63. The van der Waals surface area contributed by atoms with Gasteiger partial charge in [-0.2, -0.15) is 0 Å². The average molecular weight is 466 g/mol. The second-order valence-electron chi connectivity index (χ2n) is 6.94. The van der Waals surface area contributed by atoms with Gasteiger partial charge in [-0.1, -0.05) is 6.07 Å². The van der Waals surface area contributed by atoms with E-state index in [1.54, 1.807) is 53.7 Å². The van der Waals surface area contributed by atoms with Crippen LogP contribution in [0.25, 0.3) is 0 Å². The van der Waals surface area contributed by atoms with Gasteiger partial charge in [0, 0.05) is 40.9 Å². The second kappa shape index (κ2) is 9.67. The number of carbonyl (C=O) groups is 3. The minimum absolute atomic E-state index is 0.0746. The minimum atomic E-state index is -0.241. The third-order valence-corrected chi connectivity index (χ3v) is 6.19. The highest BCUT2D eigenvalue weighted by Gasteiger charge is 2.14. The third-order valence-electron chi connectivity index (χ3n) is 4.51. The summed E-state index contributed by atoms with van der Waals surface area (Å²) in [5.74, 6) is -0.219. The van der Waals surface area contributed by atoms with Crippen LogP contribution in [0.3, 0.4) is 0 Å². The van der Waals surface area contributed by atoms with Gasteiger partial charge in [0.05, 0.1) is 18.5 Å². The van der Waals surface area contributed by atoms with Crippen molar-refractivity contribution < 1.29 is 14.4 Å². The van der Waals surface area contributed by atoms with Gasteiger partial charge >= 0.3 is 0 Å². The zero-order valence-corrected chi connectivity index (χ0v) is 18.7. The summed E-state index contributed by atoms with van der Waals surface area (Å²) in [6, 6.07) is 10.5. The summed E-state index contributed by atoms with van der Waals surface area (Å²) in [6.07, 6.45) is 3.65. The maximum absolute atomic E-state index is 12.5. The van der Waals surface area contributed by atoms with E-state index in [9.17, 15) is 14.4 Å². The molecule has 0 saturated heterocycles. The fraction of sp³-hybridized carbons (Fsp3) is 0.136. The van der Waals surface area contributed by atoms with Crippen LogP contribution in [0.15, 0.2) is 59.6 Å². The van der Waals surface area contributed by atoms with E-state index >= 15 is 0 Å². The van der Waals surface area contributed by atoms with E-state index in [1.807, 2.05) is 17.5 Å². The normalized spacial score (nSPS) is 10.7. The van der Waals surface area contributed by atoms with E-state index in [4.69, 9.17) is 0 Å². The van der Waals surface area contributed by atoms with E-state index in [0.717, 1.165) is 4.88 Å². The van der Waals surface area contributed by atoms with Crippen LogP contribution in [-0.2, 0) is 29.5 Å². The molecular formula is C22H19N5O3S2. The molecule has 0 aliphatic rings. The molecule has 8 nitrogen and oxygen atoms in total. The van der Waals surface area contributed by atoms with Crippen LogP contribution < -0.4 is 10.6 Å². The molecule has 1 aromatic carbocycles. The van der Waals surface area contributed by atoms with Crippen molar-refractivity contribution in [2.45, 2.75) is 12.8 Å². The Morgan fingerprint density at radius 2 is 1.78 bits per heavy atom. The van der Waals surface area contributed by atoms with Crippen molar-refractivity contribution in [2.24, 2.45) is 7.05 Å². The topological polar surface area (TPSA) is 106 Å². The number of rotatable bonds is 8. The first-order valence-corrected chi connectivity index (χ1v) is 11.4. The highest BCUT2D eigenvalue weighted by atomic mass is 32.1. The molecule has 4 aromatic rings. The van der Waals surface area contributed by atoms with Gasteiger partial charge in [0.25, 0.3) is 0 Å². The SMILES string of the molecule is Cn1ccnc1C(=O)c1ccc(NC(=O)Cc2csc(NC(=O)Cc3cccs3)n2)cc1. The van der Waals surface area contributed by atoms with Gasteiger partial charge in [-0.3, -0.25) is 14.4 Å². The van der Waals surface area contributed by atoms with E-state index in [2.05, 4.69) is 20.6 Å². The molecule has 0 aliphatic heterocycles. The fourth-order valence-electron chi connectivity index (χ4n) is 2.97. The summed E-state index contributed by atoms with van der Waals surface area (Å²) >= 11 is 2.80. The van der Waals surface area contributed by atoms with E-state index in [-0.39, 0.29) is 24.0 Å². The number of ketones is 1. The largest absolute Gasteiger partial charge is 0.331 e. The highest BCUT2D eigenvalue weighted by Crippen LogP contribution is 2.18. The van der Waals surface area contributed by atoms with E-state index in [1.165, 1.54) is 22.7 Å². The molecule has 0 saturated carbocycles. The predicted molar refractivity (Wildman–Crippen MR) is 124 cm³/mol. The number of nitrogens with zero attached hydrogens (tertiary/aromatic N) is 3. The first kappa shape index (κ1) is 21.6. The summed E-state index contributed by atoms with van der Waals surface area (Å²) in [6.45, 7) is 0. The Hall–Kier alpha value is -3.63. The zero-order valence-electron chi connectivity index (χ0n) is 17.1. The number of nitrogens with one attached hydrogen (secondary N) is 2. The Morgan fingerprint density at radius 3 is 2.47 bits per heavy atom. The van der Waals surface area contributed by atoms with Gasteiger partial charge in [0.1, 0.15) is 0 Å². The number of amides is 2. The number of thiophene rings is 1. The van der Waals surface area contributed by atoms with Crippen molar-refractivity contribution >= 4 is 51.1 Å². The molecule has 0 aliphatic carbocycles. The van der Waals surface area contributed by atoms with Crippen LogP contribution in [-0.4, -0.2) is 32.1 Å². The second-order valence-corrected chi connectivity index (χ2v) is 8.83. The number of hydrogen-bond donors (Lipinski definition) is 2. The van der Waals surface area contributed by atoms with Gasteiger partial charge in [0.15, 0.2) is 11.0 Å². The summed E-state index contributed by atoms with van der Waals surface area (Å²) in [5, 5.41) is 9.69. The first-order valence-electron chi connectivity index (χ1n) is 9.66. The van der Waals surface area contributed by atoms with Crippen molar-refractivity contribution in [1.29, 1.82) is 0 Å². The van der Waals surface area contributed by atoms with Gasteiger partial charge in [-0.25, -0.2) is 9.97 Å². The zero-order chi connectivity index (χ0) is 22.5. The molecule has 2 N–H and O–H groups in total. The van der Waals surface area contributed by atoms with Crippen LogP contribution in [0, 0.1) is 0 Å². The Kier molecular flexibility index (Phi) is 6.52. The molecule has 10 heteroatoms. The smallest absolute Gasteiger partial charge is 0.231 e. The minimum Gasteiger partial charge on any atom is -0.331 e. The van der Waals surface area contributed by atoms with E-state index in [0.29, 0.717) is 34.3 Å². The summed E-state index contributed by atoms with van der Waals surface area (Å²) in [7, 11) is 1.76. The number of thiazole rings is 1. The van der Waals surface area contributed by atoms with Crippen LogP contribution in [0.4, 0.5) is 10.8 Å². The average Bonchev–Trinajstić information content (AvgIpc) is 3.51. The Bertz CT molecular complexity index is 1240. The van der Waals surface area contributed by atoms with Gasteiger partial charge in [0.2, 0.25) is 17.6 Å². The Morgan fingerprint density at radius 1 is 1.00 bits per heavy atom. The van der Waals surface area contributed by atoms with Crippen molar-refractivity contribution in [3.8, 4) is 0 Å². The first-order chi connectivity index (χ1) is 15.5. The lowest BCUT2D eigenvalue weighted by Gasteiger charge is -2.06. The summed E-state index contributed by atoms with van der Waals surface area (Å²) < 4.78 is 1.66. The molecule has 0 fully saturated rings. The van der Waals surface area contributed by atoms with Crippen LogP contribution in [0.1, 0.15) is 26.8 Å². The van der Waals surface area contributed by atoms with Crippen molar-refractivity contribution in [2.75, 3.05) is 10.6 Å². The highest BCUT2D eigenvalue weighted by molar-refractivity contribution is 7.14. The van der Waals surface area contributed by atoms with Crippen LogP contribution >= 0.6 is 22.7 Å². The van der Waals surface area contributed by atoms with Crippen LogP contribution in [0.5, 0.6) is 0 Å². The van der Waals surface area contributed by atoms with Crippen molar-refractivity contribution in [1.82, 2.24) is 14.5 Å². The Balaban J connectivity index is 1.30. The number of imidazole rings is 1. The Labute approximate surface area is 192 Å². The molecule has 3 heterocycles. The molecule has 0 radical (unpaired) electrons. The molecular weight excluding hydrogens is 446 g/mol. The van der Waals surface area contributed by atoms with Crippen molar-refractivity contribution in [3.63, 3.8) is 0 Å². The lowest BCUT2D eigenvalue weighted by Crippen LogP contribution is -2.16. The quantitative estimate of drug-likeness (QED) is 0.387. The molecule has 0 bridgehead atoms. The molecule has 32 heavy (non-hydrogen) atoms. The molecule has 2 amide bonds. The third kappa shape index (κ3) is 5.34. The molecule has 4 rings (SSSR count). The fourth-order valence-corrected chi connectivity index (χ4v) is 4.40. The molecule has 0 unspecified atom stereocenters. The summed E-state index contributed by atoms with van der Waals surface area (Å²) in [4.78, 5) is 46.2. The number of carbonyl (C=O) groups excluding carboxylic acids is 3. The monoisotopic (exact) mass is 465 g/mol. The van der Waals surface area contributed by atoms with Crippen LogP contribution in [0.2, 0.25) is 0 Å². The number of benzene rings is 1. The number of aryl methyl sites for hydroxylation is 1. The number of anilines is 2. The molecule has 0 spiro atoms. The van der Waals surface area contributed by atoms with Gasteiger partial charge < -0.3 is 15.2 Å². The number of aromatic nitrogens is 3. The molecule has 162 valence electrons. The molecule has 0 atom stereocenters. The van der Waals surface area contributed by atoms with Gasteiger partial charge in [-0.15, -0.1) is 22.7 Å². The maximum atomic E-state index is 12.5. The van der Waals surface area contributed by atoms with E-state index < -0.39 is 0 Å². The van der Waals surface area contributed by atoms with Gasteiger partial charge in [-0.05, 0) is 35.7 Å². The van der Waals surface area contributed by atoms with Crippen molar-refractivity contribution in [3.05, 3.63) is 81.5 Å². The lowest BCUT2D eigenvalue weighted by atomic mass is 10.1. The standard InChI is InChI=1S/C22H19N5O3S2/c1-27-9-8-23-21(27)20(30)14-4-6-15(7-5-14)24-18(28)11-16-13-32-22(25-16)26-19(29)12-17-3-2-10-31-17/h2-10,13H,11-12H2,1H3,(H,24,28)(H,25,26,29). The number of hydrogen-bond acceptors (Lipinski definition) is 7.